The van der Waals surface area contributed by atoms with E-state index < -0.39 is 11.4 Å². The Morgan fingerprint density at radius 1 is 1.30 bits per heavy atom. The van der Waals surface area contributed by atoms with Crippen LogP contribution >= 0.6 is 11.3 Å². The molecule has 5 heteroatoms. The number of aliphatic carboxylic acids is 1. The molecule has 2 N–H and O–H groups in total. The maximum atomic E-state index is 12.0. The summed E-state index contributed by atoms with van der Waals surface area (Å²) in [5, 5.41) is 14.2. The molecule has 20 heavy (non-hydrogen) atoms. The zero-order chi connectivity index (χ0) is 15.2. The quantitative estimate of drug-likeness (QED) is 0.774. The van der Waals surface area contributed by atoms with E-state index in [1.165, 1.54) is 5.56 Å². The number of thiophene rings is 1. The molecule has 1 heterocycles. The van der Waals surface area contributed by atoms with Crippen molar-refractivity contribution in [2.24, 2.45) is 5.41 Å². The maximum absolute atomic E-state index is 12.0. The number of carboxylic acids is 1. The molecule has 0 spiro atoms. The first-order chi connectivity index (χ1) is 9.49. The van der Waals surface area contributed by atoms with Crippen molar-refractivity contribution in [3.05, 3.63) is 21.9 Å². The Kier molecular flexibility index (Phi) is 6.20. The number of carboxylic acid groups (broad SMARTS) is 1. The molecule has 112 valence electrons. The molecule has 1 aromatic heterocycles. The molecule has 1 rings (SSSR count). The Labute approximate surface area is 124 Å². The second-order valence-corrected chi connectivity index (χ2v) is 5.97. The fourth-order valence-corrected chi connectivity index (χ4v) is 3.18. The fourth-order valence-electron chi connectivity index (χ4n) is 2.26. The third kappa shape index (κ3) is 3.82. The zero-order valence-corrected chi connectivity index (χ0v) is 13.2. The van der Waals surface area contributed by atoms with Crippen LogP contribution < -0.4 is 5.32 Å². The Bertz CT molecular complexity index is 463. The first-order valence-corrected chi connectivity index (χ1v) is 7.92. The van der Waals surface area contributed by atoms with Crippen molar-refractivity contribution < 1.29 is 14.7 Å². The predicted octanol–water partition coefficient (Wildman–Crippen LogP) is 3.21. The average Bonchev–Trinajstić information content (AvgIpc) is 2.89. The van der Waals surface area contributed by atoms with Gasteiger partial charge < -0.3 is 10.4 Å². The van der Waals surface area contributed by atoms with Gasteiger partial charge in [0.25, 0.3) is 0 Å². The van der Waals surface area contributed by atoms with E-state index >= 15 is 0 Å². The summed E-state index contributed by atoms with van der Waals surface area (Å²) in [7, 11) is 0. The Balaban J connectivity index is 2.61. The molecule has 0 aliphatic heterocycles. The highest BCUT2D eigenvalue weighted by atomic mass is 32.1. The summed E-state index contributed by atoms with van der Waals surface area (Å²) in [6.45, 7) is 6.21. The molecule has 0 radical (unpaired) electrons. The van der Waals surface area contributed by atoms with E-state index in [1.54, 1.807) is 11.3 Å². The number of hydrogen-bond donors (Lipinski definition) is 2. The Morgan fingerprint density at radius 2 is 1.95 bits per heavy atom. The van der Waals surface area contributed by atoms with Crippen molar-refractivity contribution in [1.29, 1.82) is 0 Å². The number of aryl methyl sites for hydroxylation is 1. The van der Waals surface area contributed by atoms with Crippen LogP contribution in [-0.4, -0.2) is 17.0 Å². The summed E-state index contributed by atoms with van der Waals surface area (Å²) in [5.74, 6) is -1.07. The highest BCUT2D eigenvalue weighted by molar-refractivity contribution is 7.10. The zero-order valence-electron chi connectivity index (χ0n) is 12.4. The van der Waals surface area contributed by atoms with Crippen molar-refractivity contribution in [3.63, 3.8) is 0 Å². The summed E-state index contributed by atoms with van der Waals surface area (Å²) >= 11 is 1.62. The molecule has 0 unspecified atom stereocenters. The Hall–Kier alpha value is -1.36. The van der Waals surface area contributed by atoms with Crippen LogP contribution in [0, 0.1) is 5.41 Å². The molecular weight excluding hydrogens is 274 g/mol. The topological polar surface area (TPSA) is 66.4 Å². The summed E-state index contributed by atoms with van der Waals surface area (Å²) in [4.78, 5) is 24.5. The lowest BCUT2D eigenvalue weighted by Gasteiger charge is -2.25. The minimum Gasteiger partial charge on any atom is -0.481 e. The molecule has 0 aliphatic rings. The van der Waals surface area contributed by atoms with Crippen LogP contribution in [0.1, 0.15) is 50.5 Å². The van der Waals surface area contributed by atoms with Crippen LogP contribution in [0.5, 0.6) is 0 Å². The van der Waals surface area contributed by atoms with Crippen molar-refractivity contribution in [2.45, 2.75) is 53.0 Å². The number of carbonyl (C=O) groups excluding carboxylic acids is 1. The Morgan fingerprint density at radius 3 is 2.45 bits per heavy atom. The third-order valence-corrected chi connectivity index (χ3v) is 4.93. The van der Waals surface area contributed by atoms with Gasteiger partial charge in [-0.05, 0) is 36.3 Å². The van der Waals surface area contributed by atoms with Gasteiger partial charge in [0.1, 0.15) is 0 Å². The van der Waals surface area contributed by atoms with Crippen molar-refractivity contribution in [1.82, 2.24) is 5.32 Å². The maximum Gasteiger partial charge on any atom is 0.310 e. The minimum atomic E-state index is -0.937. The standard InChI is InChI=1S/C15H23NO3S/c1-4-11-7-8-20-12(11)10-16-13(17)9-15(5-2,6-3)14(18)19/h7-8H,4-6,9-10H2,1-3H3,(H,16,17)(H,18,19). The van der Waals surface area contributed by atoms with Gasteiger partial charge in [-0.15, -0.1) is 11.3 Å². The average molecular weight is 297 g/mol. The van der Waals surface area contributed by atoms with Gasteiger partial charge in [0.2, 0.25) is 5.91 Å². The van der Waals surface area contributed by atoms with Crippen LogP contribution in [-0.2, 0) is 22.6 Å². The summed E-state index contributed by atoms with van der Waals surface area (Å²) in [6.07, 6.45) is 1.91. The van der Waals surface area contributed by atoms with Crippen molar-refractivity contribution >= 4 is 23.2 Å². The van der Waals surface area contributed by atoms with Gasteiger partial charge in [-0.3, -0.25) is 9.59 Å². The van der Waals surface area contributed by atoms with Gasteiger partial charge in [-0.2, -0.15) is 0 Å². The van der Waals surface area contributed by atoms with Crippen LogP contribution in [0.4, 0.5) is 0 Å². The van der Waals surface area contributed by atoms with Crippen LogP contribution in [0.3, 0.4) is 0 Å². The molecule has 0 aliphatic carbocycles. The number of rotatable bonds is 8. The third-order valence-electron chi connectivity index (χ3n) is 3.97. The van der Waals surface area contributed by atoms with Gasteiger partial charge in [0.15, 0.2) is 0 Å². The lowest BCUT2D eigenvalue weighted by molar-refractivity contribution is -0.152. The highest BCUT2D eigenvalue weighted by Crippen LogP contribution is 2.31. The summed E-state index contributed by atoms with van der Waals surface area (Å²) < 4.78 is 0. The molecule has 0 atom stereocenters. The molecule has 0 bridgehead atoms. The van der Waals surface area contributed by atoms with Gasteiger partial charge in [-0.25, -0.2) is 0 Å². The second-order valence-electron chi connectivity index (χ2n) is 4.97. The van der Waals surface area contributed by atoms with Gasteiger partial charge in [0.05, 0.1) is 12.0 Å². The van der Waals surface area contributed by atoms with E-state index in [0.717, 1.165) is 11.3 Å². The minimum absolute atomic E-state index is 0.0438. The van der Waals surface area contributed by atoms with Gasteiger partial charge in [-0.1, -0.05) is 20.8 Å². The van der Waals surface area contributed by atoms with Gasteiger partial charge in [0, 0.05) is 11.3 Å². The summed E-state index contributed by atoms with van der Waals surface area (Å²) in [6, 6.07) is 2.06. The van der Waals surface area contributed by atoms with Crippen molar-refractivity contribution in [3.8, 4) is 0 Å². The monoisotopic (exact) mass is 297 g/mol. The number of nitrogens with one attached hydrogen (secondary N) is 1. The molecular formula is C15H23NO3S. The lowest BCUT2D eigenvalue weighted by Crippen LogP contribution is -2.36. The molecule has 1 amide bonds. The van der Waals surface area contributed by atoms with Crippen LogP contribution in [0.2, 0.25) is 0 Å². The molecule has 0 saturated carbocycles. The van der Waals surface area contributed by atoms with E-state index in [9.17, 15) is 14.7 Å². The lowest BCUT2D eigenvalue weighted by atomic mass is 9.79. The largest absolute Gasteiger partial charge is 0.481 e. The summed E-state index contributed by atoms with van der Waals surface area (Å²) in [5.41, 5.74) is 0.304. The first-order valence-electron chi connectivity index (χ1n) is 7.04. The molecule has 0 fully saturated rings. The number of amides is 1. The van der Waals surface area contributed by atoms with E-state index in [4.69, 9.17) is 0 Å². The number of carbonyl (C=O) groups is 2. The van der Waals surface area contributed by atoms with E-state index in [-0.39, 0.29) is 12.3 Å². The van der Waals surface area contributed by atoms with Crippen LogP contribution in [0.15, 0.2) is 11.4 Å². The van der Waals surface area contributed by atoms with Gasteiger partial charge >= 0.3 is 5.97 Å². The van der Waals surface area contributed by atoms with E-state index in [1.807, 2.05) is 19.2 Å². The van der Waals surface area contributed by atoms with Crippen molar-refractivity contribution in [2.75, 3.05) is 0 Å². The predicted molar refractivity (Wildman–Crippen MR) is 80.8 cm³/mol. The number of hydrogen-bond acceptors (Lipinski definition) is 3. The van der Waals surface area contributed by atoms with E-state index in [0.29, 0.717) is 19.4 Å². The fraction of sp³-hybridized carbons (Fsp3) is 0.600. The molecule has 1 aromatic rings. The SMILES string of the molecule is CCc1ccsc1CNC(=O)CC(CC)(CC)C(=O)O. The first kappa shape index (κ1) is 16.7. The molecule has 4 nitrogen and oxygen atoms in total. The smallest absolute Gasteiger partial charge is 0.310 e. The highest BCUT2D eigenvalue weighted by Gasteiger charge is 2.37. The molecule has 0 saturated heterocycles. The van der Waals surface area contributed by atoms with E-state index in [2.05, 4.69) is 18.3 Å². The molecule has 0 aromatic carbocycles. The normalized spacial score (nSPS) is 11.3. The second kappa shape index (κ2) is 7.43. The van der Waals surface area contributed by atoms with Crippen LogP contribution in [0.25, 0.3) is 0 Å².